The first-order valence-corrected chi connectivity index (χ1v) is 8.13. The van der Waals surface area contributed by atoms with E-state index in [0.717, 1.165) is 6.42 Å². The second-order valence-electron chi connectivity index (χ2n) is 6.20. The van der Waals surface area contributed by atoms with Gasteiger partial charge in [-0.05, 0) is 36.6 Å². The molecular formula is C18H20N4O3. The number of aliphatic hydroxyl groups is 1. The first-order valence-electron chi connectivity index (χ1n) is 8.13. The van der Waals surface area contributed by atoms with Crippen LogP contribution in [0.3, 0.4) is 0 Å². The Bertz CT molecular complexity index is 794. The maximum Gasteiger partial charge on any atom is 0.269 e. The summed E-state index contributed by atoms with van der Waals surface area (Å²) in [5.74, 6) is -0.247. The number of aromatic nitrogens is 2. The van der Waals surface area contributed by atoms with Gasteiger partial charge in [-0.15, -0.1) is 0 Å². The molecule has 1 saturated carbocycles. The lowest BCUT2D eigenvalue weighted by Crippen LogP contribution is -2.28. The van der Waals surface area contributed by atoms with Gasteiger partial charge < -0.3 is 15.7 Å². The molecule has 1 aliphatic rings. The standard InChI is InChI=1S/C18H20N4O3/c1-10-7-13(10)22-17(24)11-8-14(21-15(9-11)18(25)19-2)16(23)12-5-3-4-6-20-12/h3-6,8-10,13,16,23H,7H2,1-2H3,(H,19,25)(H,22,24)/t10-,13-,16?/m0/s1. The van der Waals surface area contributed by atoms with Gasteiger partial charge in [0.25, 0.3) is 11.8 Å². The minimum absolute atomic E-state index is 0.0731. The fourth-order valence-corrected chi connectivity index (χ4v) is 2.53. The Labute approximate surface area is 145 Å². The second-order valence-corrected chi connectivity index (χ2v) is 6.20. The summed E-state index contributed by atoms with van der Waals surface area (Å²) >= 11 is 0. The van der Waals surface area contributed by atoms with Gasteiger partial charge >= 0.3 is 0 Å². The van der Waals surface area contributed by atoms with Gasteiger partial charge in [-0.2, -0.15) is 0 Å². The van der Waals surface area contributed by atoms with E-state index in [2.05, 4.69) is 27.5 Å². The molecule has 1 aliphatic carbocycles. The number of nitrogens with zero attached hydrogens (tertiary/aromatic N) is 2. The van der Waals surface area contributed by atoms with E-state index in [0.29, 0.717) is 11.6 Å². The lowest BCUT2D eigenvalue weighted by molar-refractivity contribution is 0.0949. The number of hydrogen-bond donors (Lipinski definition) is 3. The molecule has 0 aromatic carbocycles. The van der Waals surface area contributed by atoms with Crippen LogP contribution < -0.4 is 10.6 Å². The van der Waals surface area contributed by atoms with Crippen molar-refractivity contribution in [2.75, 3.05) is 7.05 Å². The Morgan fingerprint density at radius 2 is 2.00 bits per heavy atom. The summed E-state index contributed by atoms with van der Waals surface area (Å²) in [6, 6.07) is 8.22. The summed E-state index contributed by atoms with van der Waals surface area (Å²) in [4.78, 5) is 32.7. The second kappa shape index (κ2) is 6.98. The van der Waals surface area contributed by atoms with Crippen molar-refractivity contribution in [3.8, 4) is 0 Å². The molecule has 25 heavy (non-hydrogen) atoms. The van der Waals surface area contributed by atoms with E-state index in [1.807, 2.05) is 0 Å². The summed E-state index contributed by atoms with van der Waals surface area (Å²) in [6.45, 7) is 2.06. The molecule has 0 radical (unpaired) electrons. The van der Waals surface area contributed by atoms with Crippen molar-refractivity contribution in [3.63, 3.8) is 0 Å². The average molecular weight is 340 g/mol. The third-order valence-electron chi connectivity index (χ3n) is 4.24. The highest BCUT2D eigenvalue weighted by molar-refractivity contribution is 5.98. The topological polar surface area (TPSA) is 104 Å². The third kappa shape index (κ3) is 3.83. The van der Waals surface area contributed by atoms with Crippen LogP contribution in [0.4, 0.5) is 0 Å². The molecule has 1 fully saturated rings. The van der Waals surface area contributed by atoms with Crippen LogP contribution in [-0.4, -0.2) is 40.0 Å². The smallest absolute Gasteiger partial charge is 0.269 e. The molecule has 0 saturated heterocycles. The van der Waals surface area contributed by atoms with Gasteiger partial charge in [0.1, 0.15) is 11.8 Å². The van der Waals surface area contributed by atoms with Crippen LogP contribution in [0.15, 0.2) is 36.5 Å². The van der Waals surface area contributed by atoms with Crippen molar-refractivity contribution >= 4 is 11.8 Å². The molecular weight excluding hydrogens is 320 g/mol. The third-order valence-corrected chi connectivity index (χ3v) is 4.24. The zero-order valence-electron chi connectivity index (χ0n) is 14.1. The molecule has 2 aromatic heterocycles. The van der Waals surface area contributed by atoms with Gasteiger partial charge in [0.2, 0.25) is 0 Å². The Morgan fingerprint density at radius 3 is 2.60 bits per heavy atom. The minimum atomic E-state index is -1.13. The van der Waals surface area contributed by atoms with Crippen molar-refractivity contribution in [1.29, 1.82) is 0 Å². The monoisotopic (exact) mass is 340 g/mol. The molecule has 7 nitrogen and oxygen atoms in total. The minimum Gasteiger partial charge on any atom is -0.380 e. The Kier molecular flexibility index (Phi) is 4.76. The molecule has 2 aromatic rings. The summed E-state index contributed by atoms with van der Waals surface area (Å²) in [5, 5.41) is 15.9. The molecule has 3 N–H and O–H groups in total. The van der Waals surface area contributed by atoms with Crippen molar-refractivity contribution in [1.82, 2.24) is 20.6 Å². The molecule has 2 amide bonds. The molecule has 0 spiro atoms. The maximum absolute atomic E-state index is 12.4. The maximum atomic E-state index is 12.4. The summed E-state index contributed by atoms with van der Waals surface area (Å²) in [6.07, 6.45) is 1.38. The Hall–Kier alpha value is -2.80. The van der Waals surface area contributed by atoms with E-state index in [1.165, 1.54) is 19.2 Å². The summed E-state index contributed by atoms with van der Waals surface area (Å²) in [7, 11) is 1.48. The number of nitrogens with one attached hydrogen (secondary N) is 2. The van der Waals surface area contributed by atoms with Crippen LogP contribution in [-0.2, 0) is 0 Å². The highest BCUT2D eigenvalue weighted by atomic mass is 16.3. The SMILES string of the molecule is CNC(=O)c1cc(C(=O)N[C@H]2C[C@@H]2C)cc(C(O)c2ccccn2)n1. The molecule has 7 heteroatoms. The first kappa shape index (κ1) is 17.0. The van der Waals surface area contributed by atoms with Gasteiger partial charge in [-0.1, -0.05) is 13.0 Å². The zero-order valence-corrected chi connectivity index (χ0v) is 14.1. The van der Waals surface area contributed by atoms with E-state index in [1.54, 1.807) is 24.4 Å². The summed E-state index contributed by atoms with van der Waals surface area (Å²) < 4.78 is 0. The molecule has 0 bridgehead atoms. The molecule has 3 atom stereocenters. The Balaban J connectivity index is 1.95. The molecule has 1 unspecified atom stereocenters. The van der Waals surface area contributed by atoms with Crippen molar-refractivity contribution in [2.24, 2.45) is 5.92 Å². The van der Waals surface area contributed by atoms with Crippen LogP contribution in [0.1, 0.15) is 51.7 Å². The number of hydrogen-bond acceptors (Lipinski definition) is 5. The van der Waals surface area contributed by atoms with Crippen LogP contribution in [0.2, 0.25) is 0 Å². The van der Waals surface area contributed by atoms with Crippen molar-refractivity contribution in [3.05, 3.63) is 59.2 Å². The first-order chi connectivity index (χ1) is 12.0. The van der Waals surface area contributed by atoms with Crippen LogP contribution >= 0.6 is 0 Å². The van der Waals surface area contributed by atoms with E-state index in [-0.39, 0.29) is 28.9 Å². The van der Waals surface area contributed by atoms with Gasteiger partial charge in [0.05, 0.1) is 11.4 Å². The zero-order chi connectivity index (χ0) is 18.0. The summed E-state index contributed by atoms with van der Waals surface area (Å²) in [5.41, 5.74) is 0.960. The highest BCUT2D eigenvalue weighted by Gasteiger charge is 2.34. The van der Waals surface area contributed by atoms with E-state index in [4.69, 9.17) is 0 Å². The average Bonchev–Trinajstić information content (AvgIpc) is 3.35. The number of pyridine rings is 2. The fraction of sp³-hybridized carbons (Fsp3) is 0.333. The predicted octanol–water partition coefficient (Wildman–Crippen LogP) is 1.06. The molecule has 0 aliphatic heterocycles. The predicted molar refractivity (Wildman–Crippen MR) is 91.0 cm³/mol. The fourth-order valence-electron chi connectivity index (χ4n) is 2.53. The lowest BCUT2D eigenvalue weighted by atomic mass is 10.1. The number of aliphatic hydroxyl groups excluding tert-OH is 1. The van der Waals surface area contributed by atoms with Crippen LogP contribution in [0.25, 0.3) is 0 Å². The van der Waals surface area contributed by atoms with Crippen molar-refractivity contribution < 1.29 is 14.7 Å². The van der Waals surface area contributed by atoms with Gasteiger partial charge in [0, 0.05) is 24.8 Å². The van der Waals surface area contributed by atoms with Gasteiger partial charge in [-0.3, -0.25) is 14.6 Å². The van der Waals surface area contributed by atoms with E-state index in [9.17, 15) is 14.7 Å². The van der Waals surface area contributed by atoms with Crippen molar-refractivity contribution in [2.45, 2.75) is 25.5 Å². The van der Waals surface area contributed by atoms with Gasteiger partial charge in [-0.25, -0.2) is 4.98 Å². The molecule has 2 heterocycles. The van der Waals surface area contributed by atoms with E-state index < -0.39 is 12.0 Å². The Morgan fingerprint density at radius 1 is 1.24 bits per heavy atom. The van der Waals surface area contributed by atoms with E-state index >= 15 is 0 Å². The normalized spacial score (nSPS) is 19.8. The van der Waals surface area contributed by atoms with Crippen LogP contribution in [0, 0.1) is 5.92 Å². The molecule has 3 rings (SSSR count). The van der Waals surface area contributed by atoms with Gasteiger partial charge in [0.15, 0.2) is 0 Å². The van der Waals surface area contributed by atoms with Crippen LogP contribution in [0.5, 0.6) is 0 Å². The molecule has 130 valence electrons. The largest absolute Gasteiger partial charge is 0.380 e. The number of carbonyl (C=O) groups is 2. The number of amides is 2. The number of carbonyl (C=O) groups excluding carboxylic acids is 2. The highest BCUT2D eigenvalue weighted by Crippen LogP contribution is 2.29. The number of rotatable bonds is 5. The lowest BCUT2D eigenvalue weighted by Gasteiger charge is -2.13. The quantitative estimate of drug-likeness (QED) is 0.755.